The zero-order valence-corrected chi connectivity index (χ0v) is 24.1. The Kier molecular flexibility index (Phi) is 5.54. The number of hydrogen-bond donors (Lipinski definition) is 0. The van der Waals surface area contributed by atoms with Crippen molar-refractivity contribution in [3.05, 3.63) is 170 Å². The maximum Gasteiger partial charge on any atom is 0.0548 e. The Morgan fingerprint density at radius 3 is 1.45 bits per heavy atom. The van der Waals surface area contributed by atoms with Crippen molar-refractivity contribution in [1.82, 2.24) is 9.13 Å². The van der Waals surface area contributed by atoms with Crippen LogP contribution in [0, 0.1) is 0 Å². The summed E-state index contributed by atoms with van der Waals surface area (Å²) in [4.78, 5) is 0. The topological polar surface area (TPSA) is 9.86 Å². The van der Waals surface area contributed by atoms with Gasteiger partial charge >= 0.3 is 0 Å². The molecule has 2 nitrogen and oxygen atoms in total. The number of hydrogen-bond acceptors (Lipinski definition) is 0. The molecule has 7 aromatic carbocycles. The first-order chi connectivity index (χ1) is 21.8. The smallest absolute Gasteiger partial charge is 0.0548 e. The lowest BCUT2D eigenvalue weighted by atomic mass is 10.0. The minimum atomic E-state index is 1.16. The van der Waals surface area contributed by atoms with Crippen molar-refractivity contribution in [3.63, 3.8) is 0 Å². The molecule has 0 spiro atoms. The molecular weight excluding hydrogens is 532 g/mol. The van der Waals surface area contributed by atoms with Crippen LogP contribution in [0.4, 0.5) is 0 Å². The molecular formula is C42H28N2. The minimum Gasteiger partial charge on any atom is -0.309 e. The summed E-state index contributed by atoms with van der Waals surface area (Å²) < 4.78 is 4.86. The van der Waals surface area contributed by atoms with Gasteiger partial charge in [0.15, 0.2) is 0 Å². The quantitative estimate of drug-likeness (QED) is 0.203. The Hall–Kier alpha value is -5.86. The average molecular weight is 561 g/mol. The summed E-state index contributed by atoms with van der Waals surface area (Å²) in [5.41, 5.74) is 12.0. The number of aromatic nitrogens is 2. The van der Waals surface area contributed by atoms with Crippen molar-refractivity contribution >= 4 is 43.6 Å². The summed E-state index contributed by atoms with van der Waals surface area (Å²) in [7, 11) is 0. The van der Waals surface area contributed by atoms with Crippen LogP contribution in [0.2, 0.25) is 0 Å². The third-order valence-corrected chi connectivity index (χ3v) is 8.90. The van der Waals surface area contributed by atoms with Gasteiger partial charge in [-0.1, -0.05) is 121 Å². The van der Waals surface area contributed by atoms with Crippen LogP contribution < -0.4 is 0 Å². The third-order valence-electron chi connectivity index (χ3n) is 8.90. The Morgan fingerprint density at radius 2 is 0.773 bits per heavy atom. The number of benzene rings is 7. The lowest BCUT2D eigenvalue weighted by Crippen LogP contribution is -1.95. The van der Waals surface area contributed by atoms with Crippen LogP contribution >= 0.6 is 0 Å². The van der Waals surface area contributed by atoms with Crippen molar-refractivity contribution < 1.29 is 0 Å². The van der Waals surface area contributed by atoms with Gasteiger partial charge in [-0.05, 0) is 70.8 Å². The van der Waals surface area contributed by atoms with Gasteiger partial charge in [0.2, 0.25) is 0 Å². The number of rotatable bonds is 4. The molecule has 0 amide bonds. The van der Waals surface area contributed by atoms with Crippen molar-refractivity contribution in [2.24, 2.45) is 0 Å². The molecule has 0 fully saturated rings. The molecule has 0 atom stereocenters. The highest BCUT2D eigenvalue weighted by Crippen LogP contribution is 2.43. The molecule has 9 rings (SSSR count). The van der Waals surface area contributed by atoms with Crippen LogP contribution in [0.15, 0.2) is 170 Å². The van der Waals surface area contributed by atoms with Gasteiger partial charge in [-0.2, -0.15) is 0 Å². The predicted molar refractivity (Wildman–Crippen MR) is 186 cm³/mol. The molecule has 44 heavy (non-hydrogen) atoms. The van der Waals surface area contributed by atoms with E-state index in [1.165, 1.54) is 71.6 Å². The van der Waals surface area contributed by atoms with Crippen molar-refractivity contribution in [2.45, 2.75) is 0 Å². The number of fused-ring (bicyclic) bond motifs is 7. The number of para-hydroxylation sites is 2. The lowest BCUT2D eigenvalue weighted by Gasteiger charge is -2.11. The fourth-order valence-electron chi connectivity index (χ4n) is 6.97. The molecule has 0 unspecified atom stereocenters. The van der Waals surface area contributed by atoms with Gasteiger partial charge in [0.05, 0.1) is 22.1 Å². The van der Waals surface area contributed by atoms with E-state index in [4.69, 9.17) is 0 Å². The molecule has 0 saturated heterocycles. The maximum atomic E-state index is 2.46. The van der Waals surface area contributed by atoms with E-state index >= 15 is 0 Å². The summed E-state index contributed by atoms with van der Waals surface area (Å²) in [6.45, 7) is 0. The van der Waals surface area contributed by atoms with Gasteiger partial charge in [0, 0.05) is 32.9 Å². The molecule has 0 aliphatic heterocycles. The molecule has 206 valence electrons. The van der Waals surface area contributed by atoms with Crippen LogP contribution in [0.25, 0.3) is 77.2 Å². The van der Waals surface area contributed by atoms with E-state index in [-0.39, 0.29) is 0 Å². The average Bonchev–Trinajstić information content (AvgIpc) is 3.62. The van der Waals surface area contributed by atoms with Crippen LogP contribution in [0.1, 0.15) is 0 Å². The highest BCUT2D eigenvalue weighted by Gasteiger charge is 2.21. The first kappa shape index (κ1) is 24.7. The summed E-state index contributed by atoms with van der Waals surface area (Å²) in [6.07, 6.45) is 0. The van der Waals surface area contributed by atoms with Crippen LogP contribution in [-0.2, 0) is 0 Å². The zero-order valence-electron chi connectivity index (χ0n) is 24.1. The fourth-order valence-corrected chi connectivity index (χ4v) is 6.97. The number of nitrogens with zero attached hydrogens (tertiary/aromatic N) is 2. The summed E-state index contributed by atoms with van der Waals surface area (Å²) in [5, 5.41) is 5.10. The second kappa shape index (κ2) is 9.86. The fraction of sp³-hybridized carbons (Fsp3) is 0. The SMILES string of the molecule is c1ccc(-c2cccc(-n3c4cc(-c5ccccc5)ccc4c4c5c6ccccc6n(-c6ccccc6)c5ccc43)c2)cc1. The van der Waals surface area contributed by atoms with E-state index < -0.39 is 0 Å². The first-order valence-electron chi connectivity index (χ1n) is 15.1. The molecule has 0 radical (unpaired) electrons. The lowest BCUT2D eigenvalue weighted by molar-refractivity contribution is 1.17. The first-order valence-corrected chi connectivity index (χ1v) is 15.1. The maximum absolute atomic E-state index is 2.46. The molecule has 0 aliphatic carbocycles. The van der Waals surface area contributed by atoms with Gasteiger partial charge in [-0.3, -0.25) is 0 Å². The molecule has 0 bridgehead atoms. The predicted octanol–water partition coefficient (Wildman–Crippen LogP) is 11.2. The Balaban J connectivity index is 1.42. The molecule has 2 heterocycles. The van der Waals surface area contributed by atoms with E-state index in [2.05, 4.69) is 179 Å². The zero-order chi connectivity index (χ0) is 29.0. The summed E-state index contributed by atoms with van der Waals surface area (Å²) >= 11 is 0. The van der Waals surface area contributed by atoms with Gasteiger partial charge in [0.1, 0.15) is 0 Å². The molecule has 0 N–H and O–H groups in total. The van der Waals surface area contributed by atoms with Crippen LogP contribution in [0.3, 0.4) is 0 Å². The van der Waals surface area contributed by atoms with E-state index in [1.54, 1.807) is 0 Å². The Labute approximate surface area is 255 Å². The highest BCUT2D eigenvalue weighted by atomic mass is 15.0. The van der Waals surface area contributed by atoms with Crippen molar-refractivity contribution in [3.8, 4) is 33.6 Å². The molecule has 0 aliphatic rings. The molecule has 0 saturated carbocycles. The van der Waals surface area contributed by atoms with Crippen molar-refractivity contribution in [1.29, 1.82) is 0 Å². The minimum absolute atomic E-state index is 1.16. The van der Waals surface area contributed by atoms with E-state index in [0.717, 1.165) is 5.69 Å². The second-order valence-corrected chi connectivity index (χ2v) is 11.4. The van der Waals surface area contributed by atoms with E-state index in [9.17, 15) is 0 Å². The third kappa shape index (κ3) is 3.75. The van der Waals surface area contributed by atoms with Gasteiger partial charge < -0.3 is 9.13 Å². The summed E-state index contributed by atoms with van der Waals surface area (Å²) in [6, 6.07) is 61.4. The summed E-state index contributed by atoms with van der Waals surface area (Å²) in [5.74, 6) is 0. The van der Waals surface area contributed by atoms with Gasteiger partial charge in [0.25, 0.3) is 0 Å². The normalized spacial score (nSPS) is 11.6. The Bertz CT molecular complexity index is 2470. The van der Waals surface area contributed by atoms with Gasteiger partial charge in [-0.15, -0.1) is 0 Å². The largest absolute Gasteiger partial charge is 0.309 e. The molecule has 2 aromatic heterocycles. The monoisotopic (exact) mass is 560 g/mol. The van der Waals surface area contributed by atoms with E-state index in [1.807, 2.05) is 0 Å². The molecule has 2 heteroatoms. The standard InChI is InChI=1S/C42H28N2/c1-4-13-29(14-5-1)31-17-12-20-34(27-31)44-39-26-25-38-41(35-21-10-11-22-37(35)43(38)33-18-8-3-9-19-33)42(39)36-24-23-32(28-40(36)44)30-15-6-2-7-16-30/h1-28H. The molecule has 9 aromatic rings. The second-order valence-electron chi connectivity index (χ2n) is 11.4. The van der Waals surface area contributed by atoms with Gasteiger partial charge in [-0.25, -0.2) is 0 Å². The highest BCUT2D eigenvalue weighted by molar-refractivity contribution is 6.29. The van der Waals surface area contributed by atoms with Crippen LogP contribution in [-0.4, -0.2) is 9.13 Å². The van der Waals surface area contributed by atoms with Crippen molar-refractivity contribution in [2.75, 3.05) is 0 Å². The van der Waals surface area contributed by atoms with E-state index in [0.29, 0.717) is 0 Å². The Morgan fingerprint density at radius 1 is 0.273 bits per heavy atom. The van der Waals surface area contributed by atoms with Crippen LogP contribution in [0.5, 0.6) is 0 Å².